The first-order valence-electron chi connectivity index (χ1n) is 6.03. The second-order valence-corrected chi connectivity index (χ2v) is 4.63. The van der Waals surface area contributed by atoms with Crippen LogP contribution in [0, 0.1) is 5.92 Å². The summed E-state index contributed by atoms with van der Waals surface area (Å²) < 4.78 is 5.18. The van der Waals surface area contributed by atoms with Gasteiger partial charge in [0.05, 0.1) is 18.6 Å². The number of carboxylic acid groups (broad SMARTS) is 1. The zero-order valence-electron chi connectivity index (χ0n) is 9.72. The lowest BCUT2D eigenvalue weighted by atomic mass is 9.99. The van der Waals surface area contributed by atoms with Crippen LogP contribution in [0.15, 0.2) is 0 Å². The van der Waals surface area contributed by atoms with Crippen LogP contribution in [0.5, 0.6) is 0 Å². The standard InChI is InChI=1S/C11H18N2O4/c14-10(15)8-2-1-4-13(6-8)11(16)12-9-3-5-17-7-9/h8-9H,1-7H2,(H,12,16)(H,14,15). The molecule has 6 heteroatoms. The van der Waals surface area contributed by atoms with Crippen molar-refractivity contribution in [3.05, 3.63) is 0 Å². The van der Waals surface area contributed by atoms with Gasteiger partial charge in [0.2, 0.25) is 0 Å². The van der Waals surface area contributed by atoms with E-state index in [4.69, 9.17) is 9.84 Å². The number of hydrogen-bond acceptors (Lipinski definition) is 3. The Balaban J connectivity index is 1.83. The average molecular weight is 242 g/mol. The average Bonchev–Trinajstić information content (AvgIpc) is 2.82. The molecule has 96 valence electrons. The Morgan fingerprint density at radius 2 is 2.18 bits per heavy atom. The maximum atomic E-state index is 11.9. The van der Waals surface area contributed by atoms with Crippen LogP contribution in [0.25, 0.3) is 0 Å². The highest BCUT2D eigenvalue weighted by Gasteiger charge is 2.29. The molecule has 0 bridgehead atoms. The van der Waals surface area contributed by atoms with Crippen molar-refractivity contribution in [2.24, 2.45) is 5.92 Å². The van der Waals surface area contributed by atoms with E-state index in [2.05, 4.69) is 5.32 Å². The summed E-state index contributed by atoms with van der Waals surface area (Å²) in [7, 11) is 0. The number of likely N-dealkylation sites (tertiary alicyclic amines) is 1. The van der Waals surface area contributed by atoms with E-state index < -0.39 is 11.9 Å². The van der Waals surface area contributed by atoms with Crippen molar-refractivity contribution in [2.75, 3.05) is 26.3 Å². The van der Waals surface area contributed by atoms with Gasteiger partial charge in [-0.3, -0.25) is 4.79 Å². The Labute approximate surface area is 99.9 Å². The summed E-state index contributed by atoms with van der Waals surface area (Å²) in [6, 6.07) is -0.0841. The number of aliphatic carboxylic acids is 1. The van der Waals surface area contributed by atoms with E-state index in [-0.39, 0.29) is 12.1 Å². The maximum Gasteiger partial charge on any atom is 0.317 e. The van der Waals surface area contributed by atoms with Gasteiger partial charge in [0, 0.05) is 19.7 Å². The molecule has 2 heterocycles. The molecule has 0 aromatic rings. The number of ether oxygens (including phenoxy) is 1. The number of piperidine rings is 1. The summed E-state index contributed by atoms with van der Waals surface area (Å²) in [4.78, 5) is 24.4. The van der Waals surface area contributed by atoms with Crippen LogP contribution >= 0.6 is 0 Å². The van der Waals surface area contributed by atoms with Crippen molar-refractivity contribution >= 4 is 12.0 Å². The van der Waals surface area contributed by atoms with Gasteiger partial charge in [0.1, 0.15) is 0 Å². The predicted molar refractivity (Wildman–Crippen MR) is 59.7 cm³/mol. The summed E-state index contributed by atoms with van der Waals surface area (Å²) in [6.45, 7) is 2.20. The van der Waals surface area contributed by atoms with Crippen LogP contribution in [0.1, 0.15) is 19.3 Å². The van der Waals surface area contributed by atoms with Crippen molar-refractivity contribution in [1.82, 2.24) is 10.2 Å². The molecule has 2 rings (SSSR count). The Morgan fingerprint density at radius 3 is 2.82 bits per heavy atom. The van der Waals surface area contributed by atoms with Crippen LogP contribution in [-0.4, -0.2) is 54.4 Å². The van der Waals surface area contributed by atoms with E-state index in [1.807, 2.05) is 0 Å². The van der Waals surface area contributed by atoms with Gasteiger partial charge in [-0.2, -0.15) is 0 Å². The van der Waals surface area contributed by atoms with E-state index in [1.165, 1.54) is 0 Å². The van der Waals surface area contributed by atoms with Gasteiger partial charge in [-0.25, -0.2) is 4.79 Å². The fraction of sp³-hybridized carbons (Fsp3) is 0.818. The highest BCUT2D eigenvalue weighted by molar-refractivity contribution is 5.76. The number of nitrogens with zero attached hydrogens (tertiary/aromatic N) is 1. The van der Waals surface area contributed by atoms with Crippen LogP contribution in [-0.2, 0) is 9.53 Å². The Hall–Kier alpha value is -1.30. The van der Waals surface area contributed by atoms with Gasteiger partial charge in [-0.05, 0) is 19.3 Å². The molecule has 2 aliphatic rings. The van der Waals surface area contributed by atoms with E-state index >= 15 is 0 Å². The third kappa shape index (κ3) is 3.09. The second kappa shape index (κ2) is 5.35. The van der Waals surface area contributed by atoms with Crippen molar-refractivity contribution in [3.8, 4) is 0 Å². The van der Waals surface area contributed by atoms with Gasteiger partial charge < -0.3 is 20.1 Å². The number of carbonyl (C=O) groups is 2. The number of carbonyl (C=O) groups excluding carboxylic acids is 1. The molecular formula is C11H18N2O4. The molecule has 2 unspecified atom stereocenters. The second-order valence-electron chi connectivity index (χ2n) is 4.63. The Bertz CT molecular complexity index is 302. The molecule has 2 atom stereocenters. The highest BCUT2D eigenvalue weighted by atomic mass is 16.5. The van der Waals surface area contributed by atoms with Crippen molar-refractivity contribution in [3.63, 3.8) is 0 Å². The molecule has 0 saturated carbocycles. The normalized spacial score (nSPS) is 29.1. The molecule has 2 N–H and O–H groups in total. The largest absolute Gasteiger partial charge is 0.481 e. The number of nitrogens with one attached hydrogen (secondary N) is 1. The molecule has 0 radical (unpaired) electrons. The smallest absolute Gasteiger partial charge is 0.317 e. The van der Waals surface area contributed by atoms with Gasteiger partial charge >= 0.3 is 12.0 Å². The first-order chi connectivity index (χ1) is 8.16. The zero-order chi connectivity index (χ0) is 12.3. The first-order valence-corrected chi connectivity index (χ1v) is 6.03. The van der Waals surface area contributed by atoms with Crippen LogP contribution < -0.4 is 5.32 Å². The lowest BCUT2D eigenvalue weighted by Crippen LogP contribution is -2.49. The fourth-order valence-electron chi connectivity index (χ4n) is 2.28. The fourth-order valence-corrected chi connectivity index (χ4v) is 2.28. The lowest BCUT2D eigenvalue weighted by Gasteiger charge is -2.31. The highest BCUT2D eigenvalue weighted by Crippen LogP contribution is 2.17. The minimum Gasteiger partial charge on any atom is -0.481 e. The van der Waals surface area contributed by atoms with Gasteiger partial charge in [-0.15, -0.1) is 0 Å². The van der Waals surface area contributed by atoms with Crippen molar-refractivity contribution < 1.29 is 19.4 Å². The summed E-state index contributed by atoms with van der Waals surface area (Å²) in [5, 5.41) is 11.8. The summed E-state index contributed by atoms with van der Waals surface area (Å²) in [5.41, 5.74) is 0. The molecule has 2 aliphatic heterocycles. The topological polar surface area (TPSA) is 78.9 Å². The predicted octanol–water partition coefficient (Wildman–Crippen LogP) is 0.281. The minimum atomic E-state index is -0.813. The number of urea groups is 1. The van der Waals surface area contributed by atoms with Crippen LogP contribution in [0.2, 0.25) is 0 Å². The third-order valence-corrected chi connectivity index (χ3v) is 3.32. The lowest BCUT2D eigenvalue weighted by molar-refractivity contribution is -0.143. The van der Waals surface area contributed by atoms with Crippen LogP contribution in [0.4, 0.5) is 4.79 Å². The molecule has 2 fully saturated rings. The number of hydrogen-bond donors (Lipinski definition) is 2. The van der Waals surface area contributed by atoms with E-state index in [1.54, 1.807) is 4.90 Å². The number of carboxylic acids is 1. The van der Waals surface area contributed by atoms with Gasteiger partial charge in [-0.1, -0.05) is 0 Å². The summed E-state index contributed by atoms with van der Waals surface area (Å²) in [5.74, 6) is -1.24. The van der Waals surface area contributed by atoms with Crippen LogP contribution in [0.3, 0.4) is 0 Å². The molecule has 2 saturated heterocycles. The zero-order valence-corrected chi connectivity index (χ0v) is 9.72. The first kappa shape index (κ1) is 12.2. The minimum absolute atomic E-state index is 0.0766. The van der Waals surface area contributed by atoms with E-state index in [0.29, 0.717) is 32.7 Å². The summed E-state index contributed by atoms with van der Waals surface area (Å²) in [6.07, 6.45) is 2.25. The van der Waals surface area contributed by atoms with E-state index in [9.17, 15) is 9.59 Å². The molecule has 6 nitrogen and oxygen atoms in total. The monoisotopic (exact) mass is 242 g/mol. The van der Waals surface area contributed by atoms with Crippen molar-refractivity contribution in [1.29, 1.82) is 0 Å². The number of rotatable bonds is 2. The van der Waals surface area contributed by atoms with Crippen molar-refractivity contribution in [2.45, 2.75) is 25.3 Å². The molecule has 0 aromatic heterocycles. The summed E-state index contributed by atoms with van der Waals surface area (Å²) >= 11 is 0. The molecule has 0 spiro atoms. The Morgan fingerprint density at radius 1 is 1.35 bits per heavy atom. The maximum absolute atomic E-state index is 11.9. The molecular weight excluding hydrogens is 224 g/mol. The molecule has 17 heavy (non-hydrogen) atoms. The van der Waals surface area contributed by atoms with Gasteiger partial charge in [0.25, 0.3) is 0 Å². The van der Waals surface area contributed by atoms with Gasteiger partial charge in [0.15, 0.2) is 0 Å². The Kier molecular flexibility index (Phi) is 3.83. The molecule has 0 aliphatic carbocycles. The molecule has 2 amide bonds. The SMILES string of the molecule is O=C(O)C1CCCN(C(=O)NC2CCOC2)C1. The molecule has 0 aromatic carbocycles. The quantitative estimate of drug-likeness (QED) is 0.729. The third-order valence-electron chi connectivity index (χ3n) is 3.32. The number of amides is 2. The van der Waals surface area contributed by atoms with E-state index in [0.717, 1.165) is 12.8 Å².